The highest BCUT2D eigenvalue weighted by Crippen LogP contribution is 2.15. The molecule has 292 valence electrons. The lowest BCUT2D eigenvalue weighted by molar-refractivity contribution is -0.144. The van der Waals surface area contributed by atoms with Gasteiger partial charge < -0.3 is 9.47 Å². The van der Waals surface area contributed by atoms with Gasteiger partial charge in [-0.25, -0.2) is 8.42 Å². The lowest BCUT2D eigenvalue weighted by atomic mass is 10.0. The molecule has 0 heterocycles. The monoisotopic (exact) mass is 715 g/mol. The van der Waals surface area contributed by atoms with Crippen LogP contribution in [0.1, 0.15) is 232 Å². The van der Waals surface area contributed by atoms with Crippen LogP contribution in [0.2, 0.25) is 0 Å². The molecule has 0 unspecified atom stereocenters. The van der Waals surface area contributed by atoms with Crippen molar-refractivity contribution >= 4 is 21.8 Å². The van der Waals surface area contributed by atoms with Crippen LogP contribution in [-0.4, -0.2) is 45.1 Å². The number of carbonyl (C=O) groups excluding carboxylic acids is 2. The molecule has 0 aliphatic heterocycles. The maximum atomic E-state index is 12.3. The normalized spacial score (nSPS) is 11.6. The first-order chi connectivity index (χ1) is 23.9. The Balaban J connectivity index is 3.48. The average Bonchev–Trinajstić information content (AvgIpc) is 3.09. The minimum absolute atomic E-state index is 0.157. The van der Waals surface area contributed by atoms with E-state index < -0.39 is 21.8 Å². The molecule has 6 nitrogen and oxygen atoms in total. The van der Waals surface area contributed by atoms with Crippen LogP contribution in [0.15, 0.2) is 0 Å². The fourth-order valence-electron chi connectivity index (χ4n) is 6.40. The van der Waals surface area contributed by atoms with Gasteiger partial charge in [0.1, 0.15) is 0 Å². The molecule has 0 aliphatic rings. The lowest BCUT2D eigenvalue weighted by Gasteiger charge is -2.07. The molecule has 7 heteroatoms. The summed E-state index contributed by atoms with van der Waals surface area (Å²) in [5.41, 5.74) is 0. The Kier molecular flexibility index (Phi) is 37.3. The molecule has 0 amide bonds. The molecule has 0 saturated heterocycles. The van der Waals surface area contributed by atoms with E-state index in [0.29, 0.717) is 13.2 Å². The minimum atomic E-state index is -3.50. The number of ether oxygens (including phenoxy) is 2. The highest BCUT2D eigenvalue weighted by Gasteiger charge is 2.17. The molecule has 0 spiro atoms. The van der Waals surface area contributed by atoms with E-state index in [4.69, 9.17) is 9.47 Å². The molecule has 49 heavy (non-hydrogen) atoms. The first-order valence-corrected chi connectivity index (χ1v) is 23.2. The zero-order valence-corrected chi connectivity index (χ0v) is 33.5. The summed E-state index contributed by atoms with van der Waals surface area (Å²) < 4.78 is 35.0. The summed E-state index contributed by atoms with van der Waals surface area (Å²) in [4.78, 5) is 24.0. The van der Waals surface area contributed by atoms with Crippen LogP contribution in [0.4, 0.5) is 0 Å². The molecule has 0 radical (unpaired) electrons. The first kappa shape index (κ1) is 47.9. The van der Waals surface area contributed by atoms with Crippen LogP contribution in [0, 0.1) is 0 Å². The quantitative estimate of drug-likeness (QED) is 0.0464. The Hall–Kier alpha value is -1.11. The van der Waals surface area contributed by atoms with Gasteiger partial charge in [0, 0.05) is 0 Å². The third-order valence-corrected chi connectivity index (χ3v) is 11.4. The Morgan fingerprint density at radius 2 is 0.551 bits per heavy atom. The maximum absolute atomic E-state index is 12.3. The molecular weight excluding hydrogens is 633 g/mol. The number of unbranched alkanes of at least 4 members (excludes halogenated alkanes) is 30. The van der Waals surface area contributed by atoms with E-state index in [9.17, 15) is 18.0 Å². The molecule has 0 aromatic carbocycles. The minimum Gasteiger partial charge on any atom is -0.466 e. The van der Waals surface area contributed by atoms with Crippen LogP contribution < -0.4 is 0 Å². The third kappa shape index (κ3) is 39.5. The smallest absolute Gasteiger partial charge is 0.306 e. The van der Waals surface area contributed by atoms with Crippen molar-refractivity contribution < 1.29 is 27.5 Å². The number of rotatable bonds is 40. The van der Waals surface area contributed by atoms with Gasteiger partial charge in [0.15, 0.2) is 9.84 Å². The van der Waals surface area contributed by atoms with E-state index >= 15 is 0 Å². The second-order valence-electron chi connectivity index (χ2n) is 14.7. The van der Waals surface area contributed by atoms with E-state index in [0.717, 1.165) is 38.5 Å². The number of hydrogen-bond acceptors (Lipinski definition) is 6. The van der Waals surface area contributed by atoms with Gasteiger partial charge in [-0.3, -0.25) is 9.59 Å². The second kappa shape index (κ2) is 38.1. The Labute approximate surface area is 305 Å². The molecule has 0 bridgehead atoms. The lowest BCUT2D eigenvalue weighted by Crippen LogP contribution is -2.19. The molecule has 0 aromatic heterocycles. The average molecular weight is 715 g/mol. The van der Waals surface area contributed by atoms with Crippen LogP contribution in [0.25, 0.3) is 0 Å². The van der Waals surface area contributed by atoms with Crippen molar-refractivity contribution in [1.29, 1.82) is 0 Å². The van der Waals surface area contributed by atoms with Crippen molar-refractivity contribution in [3.63, 3.8) is 0 Å². The SMILES string of the molecule is CCCCCCCCCCCCCCCCCCOC(=O)CCS(=O)(=O)CCC(=O)OCCCCCCCCCCCCCCCCCC. The first-order valence-electron chi connectivity index (χ1n) is 21.4. The zero-order valence-electron chi connectivity index (χ0n) is 32.7. The van der Waals surface area contributed by atoms with Crippen molar-refractivity contribution in [3.05, 3.63) is 0 Å². The molecule has 0 atom stereocenters. The Morgan fingerprint density at radius 3 is 0.776 bits per heavy atom. The summed E-state index contributed by atoms with van der Waals surface area (Å²) in [6, 6.07) is 0. The van der Waals surface area contributed by atoms with Crippen molar-refractivity contribution in [2.45, 2.75) is 232 Å². The third-order valence-electron chi connectivity index (χ3n) is 9.76. The summed E-state index contributed by atoms with van der Waals surface area (Å²) in [7, 11) is -3.50. The van der Waals surface area contributed by atoms with E-state index in [1.807, 2.05) is 0 Å². The molecule has 0 saturated carbocycles. The van der Waals surface area contributed by atoms with Gasteiger partial charge >= 0.3 is 11.9 Å². The van der Waals surface area contributed by atoms with Crippen LogP contribution in [0.3, 0.4) is 0 Å². The Morgan fingerprint density at radius 1 is 0.347 bits per heavy atom. The standard InChI is InChI=1S/C42H82O6S/c1-3-5-7-9-11-13-15-17-19-21-23-25-27-29-31-33-37-47-41(43)35-39-49(45,46)40-36-42(44)48-38-34-32-30-28-26-24-22-20-18-16-14-12-10-8-6-4-2/h3-40H2,1-2H3. The van der Waals surface area contributed by atoms with Gasteiger partial charge in [0.05, 0.1) is 37.6 Å². The summed E-state index contributed by atoms with van der Waals surface area (Å²) >= 11 is 0. The second-order valence-corrected chi connectivity index (χ2v) is 17.0. The van der Waals surface area contributed by atoms with E-state index in [2.05, 4.69) is 13.8 Å². The topological polar surface area (TPSA) is 86.7 Å². The Bertz CT molecular complexity index is 752. The largest absolute Gasteiger partial charge is 0.466 e. The number of carbonyl (C=O) groups is 2. The van der Waals surface area contributed by atoms with Gasteiger partial charge in [-0.1, -0.05) is 206 Å². The summed E-state index contributed by atoms with van der Waals surface area (Å²) in [6.45, 7) is 5.24. The fraction of sp³-hybridized carbons (Fsp3) is 0.952. The summed E-state index contributed by atoms with van der Waals surface area (Å²) in [6.07, 6.45) is 41.0. The number of sulfone groups is 1. The van der Waals surface area contributed by atoms with Crippen molar-refractivity contribution in [2.24, 2.45) is 0 Å². The molecule has 0 N–H and O–H groups in total. The van der Waals surface area contributed by atoms with Crippen LogP contribution in [0.5, 0.6) is 0 Å². The number of esters is 2. The predicted molar refractivity (Wildman–Crippen MR) is 209 cm³/mol. The highest BCUT2D eigenvalue weighted by atomic mass is 32.2. The molecule has 0 aromatic rings. The molecule has 0 fully saturated rings. The van der Waals surface area contributed by atoms with E-state index in [1.165, 1.54) is 167 Å². The highest BCUT2D eigenvalue weighted by molar-refractivity contribution is 7.91. The summed E-state index contributed by atoms with van der Waals surface area (Å²) in [5.74, 6) is -1.51. The molecule has 0 rings (SSSR count). The predicted octanol–water partition coefficient (Wildman–Crippen LogP) is 12.8. The van der Waals surface area contributed by atoms with Crippen LogP contribution >= 0.6 is 0 Å². The number of hydrogen-bond donors (Lipinski definition) is 0. The van der Waals surface area contributed by atoms with Crippen molar-refractivity contribution in [2.75, 3.05) is 24.7 Å². The van der Waals surface area contributed by atoms with Gasteiger partial charge in [-0.2, -0.15) is 0 Å². The van der Waals surface area contributed by atoms with Crippen LogP contribution in [-0.2, 0) is 28.9 Å². The van der Waals surface area contributed by atoms with Crippen molar-refractivity contribution in [3.8, 4) is 0 Å². The maximum Gasteiger partial charge on any atom is 0.306 e. The van der Waals surface area contributed by atoms with E-state index in [-0.39, 0.29) is 24.3 Å². The van der Waals surface area contributed by atoms with Crippen molar-refractivity contribution in [1.82, 2.24) is 0 Å². The van der Waals surface area contributed by atoms with Gasteiger partial charge in [-0.15, -0.1) is 0 Å². The summed E-state index contributed by atoms with van der Waals surface area (Å²) in [5, 5.41) is 0. The molecule has 0 aliphatic carbocycles. The van der Waals surface area contributed by atoms with Gasteiger partial charge in [0.25, 0.3) is 0 Å². The van der Waals surface area contributed by atoms with Gasteiger partial charge in [0.2, 0.25) is 0 Å². The van der Waals surface area contributed by atoms with Gasteiger partial charge in [-0.05, 0) is 12.8 Å². The zero-order chi connectivity index (χ0) is 35.9. The molecular formula is C42H82O6S. The van der Waals surface area contributed by atoms with E-state index in [1.54, 1.807) is 0 Å². The fourth-order valence-corrected chi connectivity index (χ4v) is 7.56.